The van der Waals surface area contributed by atoms with Gasteiger partial charge in [0.2, 0.25) is 0 Å². The predicted octanol–water partition coefficient (Wildman–Crippen LogP) is 5.32. The molecule has 1 atom stereocenters. The normalized spacial score (nSPS) is 15.8. The van der Waals surface area contributed by atoms with Crippen LogP contribution in [0.5, 0.6) is 11.5 Å². The van der Waals surface area contributed by atoms with E-state index in [1.54, 1.807) is 25.6 Å². The van der Waals surface area contributed by atoms with Crippen molar-refractivity contribution in [1.29, 1.82) is 0 Å². The molecule has 28 heavy (non-hydrogen) atoms. The van der Waals surface area contributed by atoms with Crippen LogP contribution in [0.2, 0.25) is 0 Å². The van der Waals surface area contributed by atoms with Gasteiger partial charge < -0.3 is 14.4 Å². The summed E-state index contributed by atoms with van der Waals surface area (Å²) in [5.41, 5.74) is 2.95. The lowest BCUT2D eigenvalue weighted by Crippen LogP contribution is -2.40. The van der Waals surface area contributed by atoms with Crippen molar-refractivity contribution in [2.45, 2.75) is 12.5 Å². The number of nitrogens with zero attached hydrogens (tertiary/aromatic N) is 1. The van der Waals surface area contributed by atoms with Crippen molar-refractivity contribution in [3.8, 4) is 11.5 Å². The molecule has 1 aromatic heterocycles. The molecule has 6 heteroatoms. The highest BCUT2D eigenvalue weighted by atomic mass is 79.9. The zero-order valence-electron chi connectivity index (χ0n) is 15.6. The molecule has 0 saturated heterocycles. The van der Waals surface area contributed by atoms with E-state index in [0.29, 0.717) is 17.9 Å². The molecule has 2 aromatic carbocycles. The molecule has 4 rings (SSSR count). The Hall–Kier alpha value is -2.31. The molecule has 0 N–H and O–H groups in total. The first kappa shape index (κ1) is 19.0. The number of methoxy groups -OCH3 is 2. The molecule has 2 heterocycles. The van der Waals surface area contributed by atoms with Crippen molar-refractivity contribution >= 4 is 33.2 Å². The lowest BCUT2D eigenvalue weighted by Gasteiger charge is -2.37. The number of hydrogen-bond donors (Lipinski definition) is 0. The number of amides is 1. The summed E-state index contributed by atoms with van der Waals surface area (Å²) < 4.78 is 11.8. The number of rotatable bonds is 4. The summed E-state index contributed by atoms with van der Waals surface area (Å²) in [5, 5.41) is 2.05. The Morgan fingerprint density at radius 3 is 2.54 bits per heavy atom. The number of benzene rings is 2. The van der Waals surface area contributed by atoms with E-state index in [0.717, 1.165) is 27.1 Å². The van der Waals surface area contributed by atoms with Gasteiger partial charge >= 0.3 is 0 Å². The van der Waals surface area contributed by atoms with Crippen LogP contribution in [0.1, 0.15) is 32.4 Å². The smallest absolute Gasteiger partial charge is 0.255 e. The summed E-state index contributed by atoms with van der Waals surface area (Å²) >= 11 is 5.18. The molecule has 144 valence electrons. The molecule has 3 aromatic rings. The highest BCUT2D eigenvalue weighted by molar-refractivity contribution is 9.10. The largest absolute Gasteiger partial charge is 0.493 e. The van der Waals surface area contributed by atoms with E-state index in [4.69, 9.17) is 9.47 Å². The average molecular weight is 458 g/mol. The van der Waals surface area contributed by atoms with Crippen LogP contribution in [0.25, 0.3) is 0 Å². The lowest BCUT2D eigenvalue weighted by atomic mass is 9.90. The van der Waals surface area contributed by atoms with Gasteiger partial charge in [-0.15, -0.1) is 11.3 Å². The number of hydrogen-bond acceptors (Lipinski definition) is 4. The number of ether oxygens (including phenoxy) is 2. The third-order valence-electron chi connectivity index (χ3n) is 5.05. The Labute approximate surface area is 176 Å². The topological polar surface area (TPSA) is 38.8 Å². The van der Waals surface area contributed by atoms with Crippen molar-refractivity contribution in [3.63, 3.8) is 0 Å². The first-order valence-corrected chi connectivity index (χ1v) is 10.6. The van der Waals surface area contributed by atoms with Crippen LogP contribution >= 0.6 is 27.3 Å². The standard InChI is InChI=1S/C22H20BrNO3S/c1-26-18-12-14-9-10-24(22(25)15-6-3-4-7-17(15)23)21(20-8-5-11-28-20)16(14)13-19(18)27-2/h3-8,11-13,21H,9-10H2,1-2H3/t21-/m1/s1. The summed E-state index contributed by atoms with van der Waals surface area (Å²) in [6.45, 7) is 0.644. The van der Waals surface area contributed by atoms with E-state index in [1.807, 2.05) is 52.7 Å². The van der Waals surface area contributed by atoms with Gasteiger partial charge in [0.25, 0.3) is 5.91 Å². The summed E-state index contributed by atoms with van der Waals surface area (Å²) in [5.74, 6) is 1.42. The number of halogens is 1. The van der Waals surface area contributed by atoms with Crippen LogP contribution in [-0.2, 0) is 6.42 Å². The minimum atomic E-state index is -0.150. The highest BCUT2D eigenvalue weighted by Crippen LogP contribution is 2.42. The summed E-state index contributed by atoms with van der Waals surface area (Å²) in [6, 6.07) is 15.6. The maximum absolute atomic E-state index is 13.5. The maximum Gasteiger partial charge on any atom is 0.255 e. The molecule has 0 radical (unpaired) electrons. The molecule has 0 unspecified atom stereocenters. The Morgan fingerprint density at radius 2 is 1.86 bits per heavy atom. The van der Waals surface area contributed by atoms with E-state index in [1.165, 1.54) is 5.56 Å². The van der Waals surface area contributed by atoms with Gasteiger partial charge in [-0.05, 0) is 69.2 Å². The maximum atomic E-state index is 13.5. The zero-order chi connectivity index (χ0) is 19.7. The Balaban J connectivity index is 1.84. The van der Waals surface area contributed by atoms with Crippen LogP contribution < -0.4 is 9.47 Å². The van der Waals surface area contributed by atoms with Crippen molar-refractivity contribution in [3.05, 3.63) is 80.0 Å². The number of fused-ring (bicyclic) bond motifs is 1. The Kier molecular flexibility index (Phi) is 5.42. The Morgan fingerprint density at radius 1 is 1.11 bits per heavy atom. The minimum absolute atomic E-state index is 0.0197. The van der Waals surface area contributed by atoms with Gasteiger partial charge in [-0.1, -0.05) is 18.2 Å². The second kappa shape index (κ2) is 7.97. The molecule has 0 aliphatic carbocycles. The number of carbonyl (C=O) groups is 1. The van der Waals surface area contributed by atoms with Gasteiger partial charge in [-0.3, -0.25) is 4.79 Å². The zero-order valence-corrected chi connectivity index (χ0v) is 18.0. The van der Waals surface area contributed by atoms with Gasteiger partial charge in [0, 0.05) is 15.9 Å². The molecule has 1 aliphatic heterocycles. The quantitative estimate of drug-likeness (QED) is 0.532. The van der Waals surface area contributed by atoms with E-state index in [-0.39, 0.29) is 11.9 Å². The molecule has 1 amide bonds. The predicted molar refractivity (Wildman–Crippen MR) is 115 cm³/mol. The first-order chi connectivity index (χ1) is 13.6. The van der Waals surface area contributed by atoms with Gasteiger partial charge in [-0.2, -0.15) is 0 Å². The van der Waals surface area contributed by atoms with Crippen molar-refractivity contribution in [1.82, 2.24) is 4.90 Å². The first-order valence-electron chi connectivity index (χ1n) is 8.97. The van der Waals surface area contributed by atoms with Crippen molar-refractivity contribution in [2.24, 2.45) is 0 Å². The molecule has 0 saturated carbocycles. The summed E-state index contributed by atoms with van der Waals surface area (Å²) in [6.07, 6.45) is 0.772. The molecule has 1 aliphatic rings. The summed E-state index contributed by atoms with van der Waals surface area (Å²) in [4.78, 5) is 16.5. The molecule has 0 fully saturated rings. The monoisotopic (exact) mass is 457 g/mol. The van der Waals surface area contributed by atoms with Gasteiger partial charge in [-0.25, -0.2) is 0 Å². The van der Waals surface area contributed by atoms with E-state index >= 15 is 0 Å². The fourth-order valence-corrected chi connectivity index (χ4v) is 5.02. The lowest BCUT2D eigenvalue weighted by molar-refractivity contribution is 0.0696. The minimum Gasteiger partial charge on any atom is -0.493 e. The van der Waals surface area contributed by atoms with Gasteiger partial charge in [0.05, 0.1) is 25.8 Å². The fourth-order valence-electron chi connectivity index (χ4n) is 3.71. The van der Waals surface area contributed by atoms with Crippen molar-refractivity contribution in [2.75, 3.05) is 20.8 Å². The van der Waals surface area contributed by atoms with E-state index in [2.05, 4.69) is 22.0 Å². The van der Waals surface area contributed by atoms with Gasteiger partial charge in [0.1, 0.15) is 0 Å². The van der Waals surface area contributed by atoms with Crippen molar-refractivity contribution < 1.29 is 14.3 Å². The Bertz CT molecular complexity index is 1000. The second-order valence-electron chi connectivity index (χ2n) is 6.55. The summed E-state index contributed by atoms with van der Waals surface area (Å²) in [7, 11) is 3.28. The fraction of sp³-hybridized carbons (Fsp3) is 0.227. The number of carbonyl (C=O) groups excluding carboxylic acids is 1. The molecular formula is C22H20BrNO3S. The van der Waals surface area contributed by atoms with Crippen LogP contribution in [0, 0.1) is 0 Å². The van der Waals surface area contributed by atoms with Crippen LogP contribution in [0.15, 0.2) is 58.4 Å². The third-order valence-corrected chi connectivity index (χ3v) is 6.67. The van der Waals surface area contributed by atoms with E-state index in [9.17, 15) is 4.79 Å². The second-order valence-corrected chi connectivity index (χ2v) is 8.39. The van der Waals surface area contributed by atoms with Crippen LogP contribution in [0.4, 0.5) is 0 Å². The molecule has 0 spiro atoms. The molecule has 4 nitrogen and oxygen atoms in total. The molecule has 0 bridgehead atoms. The van der Waals surface area contributed by atoms with E-state index < -0.39 is 0 Å². The SMILES string of the molecule is COc1cc2c(cc1OC)[C@H](c1cccs1)N(C(=O)c1ccccc1Br)CC2. The average Bonchev–Trinajstić information content (AvgIpc) is 3.26. The highest BCUT2D eigenvalue weighted by Gasteiger charge is 2.34. The van der Waals surface area contributed by atoms with Crippen LogP contribution in [-0.4, -0.2) is 31.6 Å². The molecular weight excluding hydrogens is 438 g/mol. The number of thiophene rings is 1. The third kappa shape index (κ3) is 3.31. The van der Waals surface area contributed by atoms with Gasteiger partial charge in [0.15, 0.2) is 11.5 Å². The van der Waals surface area contributed by atoms with Crippen LogP contribution in [0.3, 0.4) is 0 Å².